The number of hydrogen-bond acceptors (Lipinski definition) is 6. The number of amides is 2. The Labute approximate surface area is 207 Å². The Morgan fingerprint density at radius 2 is 1.71 bits per heavy atom. The van der Waals surface area contributed by atoms with Crippen molar-refractivity contribution in [2.45, 2.75) is 31.3 Å². The number of methoxy groups -OCH3 is 1. The Morgan fingerprint density at radius 1 is 1.11 bits per heavy atom. The van der Waals surface area contributed by atoms with E-state index in [4.69, 9.17) is 15.3 Å². The molecule has 0 aromatic heterocycles. The van der Waals surface area contributed by atoms with Crippen LogP contribution in [0.3, 0.4) is 0 Å². The van der Waals surface area contributed by atoms with Gasteiger partial charge in [0.15, 0.2) is 0 Å². The highest BCUT2D eigenvalue weighted by atomic mass is 32.2. The smallest absolute Gasteiger partial charge is 0.358 e. The molecule has 0 spiro atoms. The number of ether oxygens (including phenoxy) is 1. The van der Waals surface area contributed by atoms with Gasteiger partial charge in [-0.1, -0.05) is 54.3 Å². The number of carbonyl (C=O) groups is 2. The van der Waals surface area contributed by atoms with Gasteiger partial charge >= 0.3 is 10.0 Å². The third-order valence-corrected chi connectivity index (χ3v) is 7.71. The fourth-order valence-electron chi connectivity index (χ4n) is 3.86. The zero-order valence-corrected chi connectivity index (χ0v) is 21.4. The van der Waals surface area contributed by atoms with Crippen LogP contribution in [-0.4, -0.2) is 62.5 Å². The molecule has 190 valence electrons. The first kappa shape index (κ1) is 28.0. The summed E-state index contributed by atoms with van der Waals surface area (Å²) in [5, 5.41) is 0. The van der Waals surface area contributed by atoms with Crippen LogP contribution in [0.2, 0.25) is 0 Å². The average molecular weight is 505 g/mol. The SMILES string of the molecule is C=CCO[N+](CC(=O)N(C)Cc1ccccc1)([C@@H](C(N)=O)C(C)C)S(=O)(=O)c1ccc(OC)cc1. The van der Waals surface area contributed by atoms with Crippen LogP contribution in [-0.2, 0) is 31.0 Å². The van der Waals surface area contributed by atoms with Gasteiger partial charge in [-0.15, -0.1) is 6.58 Å². The van der Waals surface area contributed by atoms with Crippen LogP contribution in [0.15, 0.2) is 72.1 Å². The summed E-state index contributed by atoms with van der Waals surface area (Å²) in [6, 6.07) is 13.5. The molecule has 0 radical (unpaired) electrons. The summed E-state index contributed by atoms with van der Waals surface area (Å²) in [6.07, 6.45) is 1.35. The first-order chi connectivity index (χ1) is 16.5. The fourth-order valence-corrected chi connectivity index (χ4v) is 5.83. The fraction of sp³-hybridized carbons (Fsp3) is 0.360. The predicted molar refractivity (Wildman–Crippen MR) is 132 cm³/mol. The van der Waals surface area contributed by atoms with Crippen molar-refractivity contribution in [3.63, 3.8) is 0 Å². The van der Waals surface area contributed by atoms with E-state index in [0.717, 1.165) is 5.56 Å². The number of hydrogen-bond donors (Lipinski definition) is 1. The Morgan fingerprint density at radius 3 is 2.20 bits per heavy atom. The molecule has 2 rings (SSSR count). The van der Waals surface area contributed by atoms with Crippen LogP contribution in [0.1, 0.15) is 19.4 Å². The van der Waals surface area contributed by atoms with Crippen LogP contribution in [0.25, 0.3) is 0 Å². The molecule has 2 aromatic rings. The van der Waals surface area contributed by atoms with Crippen LogP contribution in [0, 0.1) is 5.92 Å². The van der Waals surface area contributed by atoms with Crippen molar-refractivity contribution in [2.24, 2.45) is 11.7 Å². The zero-order valence-electron chi connectivity index (χ0n) is 20.6. The lowest BCUT2D eigenvalue weighted by atomic mass is 10.0. The molecule has 0 bridgehead atoms. The lowest BCUT2D eigenvalue weighted by Crippen LogP contribution is -2.67. The van der Waals surface area contributed by atoms with E-state index in [2.05, 4.69) is 6.58 Å². The third-order valence-electron chi connectivity index (χ3n) is 5.57. The standard InChI is InChI=1S/C25H33N3O6S/c1-6-16-34-28(24(19(2)3)25(26)30,35(31,32)22-14-12-21(33-5)13-15-22)18-23(29)27(4)17-20-10-8-7-9-11-20/h6-15,19,24H,1,16-18H2,2-5H3,(H-,26,30)/p+1/t24-,28?/m1/s1. The van der Waals surface area contributed by atoms with E-state index in [0.29, 0.717) is 5.75 Å². The predicted octanol–water partition coefficient (Wildman–Crippen LogP) is 2.49. The maximum atomic E-state index is 14.1. The molecule has 0 aliphatic rings. The van der Waals surface area contributed by atoms with Crippen LogP contribution in [0.5, 0.6) is 5.75 Å². The highest BCUT2D eigenvalue weighted by molar-refractivity contribution is 7.85. The van der Waals surface area contributed by atoms with Gasteiger partial charge < -0.3 is 15.4 Å². The number of rotatable bonds is 13. The summed E-state index contributed by atoms with van der Waals surface area (Å²) in [6.45, 7) is 6.25. The Kier molecular flexibility index (Phi) is 9.58. The molecular formula is C25H34N3O6S+. The maximum Gasteiger partial charge on any atom is 0.358 e. The summed E-state index contributed by atoms with van der Waals surface area (Å²) in [5.74, 6) is -1.57. The molecule has 0 saturated heterocycles. The van der Waals surface area contributed by atoms with Crippen molar-refractivity contribution >= 4 is 21.8 Å². The van der Waals surface area contributed by atoms with E-state index in [-0.39, 0.29) is 18.0 Å². The monoisotopic (exact) mass is 504 g/mol. The van der Waals surface area contributed by atoms with E-state index >= 15 is 0 Å². The Hall–Kier alpha value is -3.21. The van der Waals surface area contributed by atoms with Gasteiger partial charge in [-0.25, -0.2) is 0 Å². The van der Waals surface area contributed by atoms with Gasteiger partial charge in [-0.05, 0) is 29.8 Å². The number of nitrogens with two attached hydrogens (primary N) is 1. The molecule has 0 saturated carbocycles. The third kappa shape index (κ3) is 6.27. The molecule has 2 N–H and O–H groups in total. The lowest BCUT2D eigenvalue weighted by molar-refractivity contribution is -1.01. The average Bonchev–Trinajstić information content (AvgIpc) is 2.82. The molecule has 0 aliphatic heterocycles. The van der Waals surface area contributed by atoms with Crippen LogP contribution < -0.4 is 10.5 Å². The number of quaternary nitrogens is 1. The molecule has 0 aliphatic carbocycles. The van der Waals surface area contributed by atoms with Gasteiger partial charge in [0.2, 0.25) is 12.6 Å². The Balaban J connectivity index is 2.64. The van der Waals surface area contributed by atoms with Gasteiger partial charge in [0.05, 0.1) is 7.11 Å². The van der Waals surface area contributed by atoms with Gasteiger partial charge in [0.25, 0.3) is 11.8 Å². The van der Waals surface area contributed by atoms with Crippen LogP contribution >= 0.6 is 0 Å². The van der Waals surface area contributed by atoms with E-state index < -0.39 is 44.4 Å². The van der Waals surface area contributed by atoms with Crippen molar-refractivity contribution in [1.82, 2.24) is 4.90 Å². The second-order valence-electron chi connectivity index (χ2n) is 8.45. The van der Waals surface area contributed by atoms with Crippen molar-refractivity contribution in [2.75, 3.05) is 27.3 Å². The van der Waals surface area contributed by atoms with E-state index in [1.807, 2.05) is 30.3 Å². The second kappa shape index (κ2) is 12.0. The van der Waals surface area contributed by atoms with E-state index in [1.165, 1.54) is 42.4 Å². The molecule has 9 nitrogen and oxygen atoms in total. The summed E-state index contributed by atoms with van der Waals surface area (Å²) < 4.78 is 32.0. The number of sulfonamides is 1. The van der Waals surface area contributed by atoms with Crippen molar-refractivity contribution in [3.05, 3.63) is 72.8 Å². The molecule has 35 heavy (non-hydrogen) atoms. The molecule has 2 atom stereocenters. The van der Waals surface area contributed by atoms with Gasteiger partial charge in [-0.3, -0.25) is 9.59 Å². The van der Waals surface area contributed by atoms with Gasteiger partial charge in [-0.2, -0.15) is 13.3 Å². The second-order valence-corrected chi connectivity index (χ2v) is 10.5. The molecular weight excluding hydrogens is 470 g/mol. The van der Waals surface area contributed by atoms with Crippen molar-refractivity contribution < 1.29 is 31.6 Å². The minimum absolute atomic E-state index is 0.146. The first-order valence-electron chi connectivity index (χ1n) is 11.1. The molecule has 1 unspecified atom stereocenters. The summed E-state index contributed by atoms with van der Waals surface area (Å²) in [4.78, 5) is 33.2. The zero-order chi connectivity index (χ0) is 26.2. The molecule has 2 amide bonds. The Bertz CT molecular complexity index is 1120. The summed E-state index contributed by atoms with van der Waals surface area (Å²) >= 11 is 0. The molecule has 0 fully saturated rings. The van der Waals surface area contributed by atoms with Crippen molar-refractivity contribution in [3.8, 4) is 5.75 Å². The molecule has 0 heterocycles. The van der Waals surface area contributed by atoms with E-state index in [1.54, 1.807) is 20.9 Å². The summed E-state index contributed by atoms with van der Waals surface area (Å²) in [5.41, 5.74) is 6.58. The largest absolute Gasteiger partial charge is 0.497 e. The highest BCUT2D eigenvalue weighted by Crippen LogP contribution is 2.33. The van der Waals surface area contributed by atoms with Crippen LogP contribution in [0.4, 0.5) is 0 Å². The van der Waals surface area contributed by atoms with Crippen molar-refractivity contribution in [1.29, 1.82) is 0 Å². The number of hydroxylamine groups is 2. The quantitative estimate of drug-likeness (QED) is 0.255. The minimum Gasteiger partial charge on any atom is -0.497 e. The number of likely N-dealkylation sites (N-methyl/N-ethyl adjacent to an activating group) is 1. The maximum absolute atomic E-state index is 14.1. The summed E-state index contributed by atoms with van der Waals surface area (Å²) in [7, 11) is -1.47. The number of primary amides is 1. The first-order valence-corrected chi connectivity index (χ1v) is 12.5. The lowest BCUT2D eigenvalue weighted by Gasteiger charge is -2.40. The van der Waals surface area contributed by atoms with Gasteiger partial charge in [0, 0.05) is 19.5 Å². The highest BCUT2D eigenvalue weighted by Gasteiger charge is 2.57. The normalized spacial score (nSPS) is 14.1. The van der Waals surface area contributed by atoms with E-state index in [9.17, 15) is 18.0 Å². The minimum atomic E-state index is -4.49. The molecule has 10 heteroatoms. The topological polar surface area (TPSA) is 116 Å². The molecule has 2 aromatic carbocycles. The van der Waals surface area contributed by atoms with Gasteiger partial charge in [0.1, 0.15) is 17.3 Å². The number of carbonyl (C=O) groups excluding carboxylic acids is 2. The number of benzene rings is 2. The number of nitrogens with zero attached hydrogens (tertiary/aromatic N) is 2.